The smallest absolute Gasteiger partial charge is 0.229 e. The third kappa shape index (κ3) is 4.26. The molecule has 3 aromatic rings. The van der Waals surface area contributed by atoms with Crippen LogP contribution in [0.15, 0.2) is 40.8 Å². The maximum atomic E-state index is 13.3. The predicted octanol–water partition coefficient (Wildman–Crippen LogP) is 4.03. The summed E-state index contributed by atoms with van der Waals surface area (Å²) in [7, 11) is -3.54. The average molecular weight is 423 g/mol. The highest BCUT2D eigenvalue weighted by Gasteiger charge is 2.22. The lowest BCUT2D eigenvalue weighted by Crippen LogP contribution is -2.13. The van der Waals surface area contributed by atoms with Gasteiger partial charge in [-0.15, -0.1) is 0 Å². The molecule has 3 rings (SSSR count). The van der Waals surface area contributed by atoms with Crippen LogP contribution in [0.25, 0.3) is 22.3 Å². The van der Waals surface area contributed by atoms with Crippen LogP contribution in [-0.4, -0.2) is 25.8 Å². The second-order valence-electron chi connectivity index (χ2n) is 6.56. The van der Waals surface area contributed by atoms with E-state index in [0.29, 0.717) is 33.6 Å². The number of rotatable bonds is 6. The summed E-state index contributed by atoms with van der Waals surface area (Å²) in [6.45, 7) is 3.64. The number of nitrogens with two attached hydrogens (primary N) is 1. The monoisotopic (exact) mass is 422 g/mol. The Labute approximate surface area is 167 Å². The standard InChI is InChI=1S/C19H19FN2O4S2/c1-10(2)25-16-8-13-15(9-14(16)22-28(3,23)24)26-18(17(13)19(21)27)11-4-6-12(20)7-5-11/h4-10,22H,1-3H3,(H2,21,27). The molecule has 1 heterocycles. The first kappa shape index (κ1) is 20.1. The zero-order valence-corrected chi connectivity index (χ0v) is 17.1. The molecule has 28 heavy (non-hydrogen) atoms. The Hall–Kier alpha value is -2.65. The van der Waals surface area contributed by atoms with Crippen LogP contribution >= 0.6 is 12.2 Å². The Morgan fingerprint density at radius 1 is 1.25 bits per heavy atom. The number of sulfonamides is 1. The normalized spacial score (nSPS) is 11.8. The topological polar surface area (TPSA) is 94.6 Å². The summed E-state index contributed by atoms with van der Waals surface area (Å²) in [5.41, 5.74) is 7.58. The van der Waals surface area contributed by atoms with Crippen molar-refractivity contribution in [2.24, 2.45) is 5.73 Å². The van der Waals surface area contributed by atoms with Gasteiger partial charge < -0.3 is 14.9 Å². The number of halogens is 1. The van der Waals surface area contributed by atoms with E-state index in [2.05, 4.69) is 4.72 Å². The molecule has 0 bridgehead atoms. The van der Waals surface area contributed by atoms with Crippen molar-refractivity contribution in [1.29, 1.82) is 0 Å². The van der Waals surface area contributed by atoms with Gasteiger partial charge in [-0.2, -0.15) is 0 Å². The summed E-state index contributed by atoms with van der Waals surface area (Å²) in [6.07, 6.45) is 0.845. The zero-order valence-electron chi connectivity index (χ0n) is 15.4. The predicted molar refractivity (Wildman–Crippen MR) is 112 cm³/mol. The number of furan rings is 1. The molecule has 6 nitrogen and oxygen atoms in total. The Bertz CT molecular complexity index is 1150. The Kier molecular flexibility index (Phi) is 5.31. The highest BCUT2D eigenvalue weighted by atomic mass is 32.2. The van der Waals surface area contributed by atoms with Crippen LogP contribution in [-0.2, 0) is 10.0 Å². The first-order chi connectivity index (χ1) is 13.0. The van der Waals surface area contributed by atoms with E-state index in [1.807, 2.05) is 13.8 Å². The SMILES string of the molecule is CC(C)Oc1cc2c(C(N)=S)c(-c3ccc(F)cc3)oc2cc1NS(C)(=O)=O. The van der Waals surface area contributed by atoms with Gasteiger partial charge in [0.15, 0.2) is 0 Å². The number of hydrogen-bond acceptors (Lipinski definition) is 5. The van der Waals surface area contributed by atoms with Gasteiger partial charge in [0.05, 0.1) is 23.6 Å². The second-order valence-corrected chi connectivity index (χ2v) is 8.75. The van der Waals surface area contributed by atoms with Gasteiger partial charge in [-0.05, 0) is 44.2 Å². The molecule has 0 amide bonds. The maximum absolute atomic E-state index is 13.3. The van der Waals surface area contributed by atoms with E-state index in [1.54, 1.807) is 18.2 Å². The number of anilines is 1. The van der Waals surface area contributed by atoms with E-state index >= 15 is 0 Å². The molecule has 0 radical (unpaired) electrons. The van der Waals surface area contributed by atoms with Crippen molar-refractivity contribution in [3.05, 3.63) is 47.8 Å². The quantitative estimate of drug-likeness (QED) is 0.583. The molecule has 0 unspecified atom stereocenters. The van der Waals surface area contributed by atoms with E-state index in [1.165, 1.54) is 18.2 Å². The minimum Gasteiger partial charge on any atom is -0.489 e. The number of ether oxygens (including phenoxy) is 1. The minimum atomic E-state index is -3.54. The van der Waals surface area contributed by atoms with Crippen LogP contribution < -0.4 is 15.2 Å². The molecular weight excluding hydrogens is 403 g/mol. The number of hydrogen-bond donors (Lipinski definition) is 2. The zero-order chi connectivity index (χ0) is 20.6. The summed E-state index contributed by atoms with van der Waals surface area (Å²) < 4.78 is 50.9. The fraction of sp³-hybridized carbons (Fsp3) is 0.211. The second kappa shape index (κ2) is 7.40. The summed E-state index contributed by atoms with van der Waals surface area (Å²) in [5, 5.41) is 0.571. The molecule has 2 aromatic carbocycles. The first-order valence-corrected chi connectivity index (χ1v) is 10.7. The Balaban J connectivity index is 2.28. The number of nitrogens with one attached hydrogen (secondary N) is 1. The van der Waals surface area contributed by atoms with Gasteiger partial charge in [0.25, 0.3) is 0 Å². The summed E-state index contributed by atoms with van der Waals surface area (Å²) in [6, 6.07) is 8.86. The molecule has 148 valence electrons. The summed E-state index contributed by atoms with van der Waals surface area (Å²) in [4.78, 5) is 0.0948. The van der Waals surface area contributed by atoms with Crippen molar-refractivity contribution >= 4 is 43.9 Å². The Morgan fingerprint density at radius 2 is 1.89 bits per heavy atom. The van der Waals surface area contributed by atoms with E-state index in [4.69, 9.17) is 27.1 Å². The van der Waals surface area contributed by atoms with E-state index < -0.39 is 10.0 Å². The van der Waals surface area contributed by atoms with Crippen molar-refractivity contribution < 1.29 is 22.0 Å². The number of fused-ring (bicyclic) bond motifs is 1. The van der Waals surface area contributed by atoms with Gasteiger partial charge in [-0.3, -0.25) is 4.72 Å². The molecule has 1 aromatic heterocycles. The maximum Gasteiger partial charge on any atom is 0.229 e. The molecular formula is C19H19FN2O4S2. The number of benzene rings is 2. The van der Waals surface area contributed by atoms with Crippen molar-refractivity contribution in [3.63, 3.8) is 0 Å². The van der Waals surface area contributed by atoms with Gasteiger partial charge in [0.1, 0.15) is 27.9 Å². The Morgan fingerprint density at radius 3 is 2.43 bits per heavy atom. The lowest BCUT2D eigenvalue weighted by Gasteiger charge is -2.15. The van der Waals surface area contributed by atoms with E-state index in [-0.39, 0.29) is 22.6 Å². The molecule has 0 aliphatic heterocycles. The lowest BCUT2D eigenvalue weighted by atomic mass is 10.0. The average Bonchev–Trinajstić information content (AvgIpc) is 2.92. The van der Waals surface area contributed by atoms with Crippen LogP contribution in [0.3, 0.4) is 0 Å². The minimum absolute atomic E-state index is 0.0948. The van der Waals surface area contributed by atoms with Crippen LogP contribution in [0.2, 0.25) is 0 Å². The van der Waals surface area contributed by atoms with Crippen molar-refractivity contribution in [1.82, 2.24) is 0 Å². The van der Waals surface area contributed by atoms with Crippen LogP contribution in [0.4, 0.5) is 10.1 Å². The van der Waals surface area contributed by atoms with Gasteiger partial charge in [-0.25, -0.2) is 12.8 Å². The molecule has 0 saturated carbocycles. The van der Waals surface area contributed by atoms with Crippen molar-refractivity contribution in [2.45, 2.75) is 20.0 Å². The molecule has 0 aliphatic carbocycles. The third-order valence-corrected chi connectivity index (χ3v) is 4.60. The van der Waals surface area contributed by atoms with E-state index in [9.17, 15) is 12.8 Å². The molecule has 3 N–H and O–H groups in total. The van der Waals surface area contributed by atoms with E-state index in [0.717, 1.165) is 6.26 Å². The first-order valence-electron chi connectivity index (χ1n) is 8.36. The lowest BCUT2D eigenvalue weighted by molar-refractivity contribution is 0.244. The molecule has 0 saturated heterocycles. The van der Waals surface area contributed by atoms with Crippen LogP contribution in [0.1, 0.15) is 19.4 Å². The molecule has 9 heteroatoms. The highest BCUT2D eigenvalue weighted by molar-refractivity contribution is 7.92. The van der Waals surface area contributed by atoms with Gasteiger partial charge in [-0.1, -0.05) is 12.2 Å². The van der Waals surface area contributed by atoms with Crippen LogP contribution in [0, 0.1) is 5.82 Å². The summed E-state index contributed by atoms with van der Waals surface area (Å²) >= 11 is 5.20. The fourth-order valence-corrected chi connectivity index (χ4v) is 3.56. The summed E-state index contributed by atoms with van der Waals surface area (Å²) in [5.74, 6) is 0.301. The molecule has 0 spiro atoms. The van der Waals surface area contributed by atoms with Gasteiger partial charge in [0, 0.05) is 17.0 Å². The molecule has 0 atom stereocenters. The number of thiocarbonyl (C=S) groups is 1. The highest BCUT2D eigenvalue weighted by Crippen LogP contribution is 2.39. The molecule has 0 aliphatic rings. The fourth-order valence-electron chi connectivity index (χ4n) is 2.80. The van der Waals surface area contributed by atoms with Crippen LogP contribution in [0.5, 0.6) is 5.75 Å². The molecule has 0 fully saturated rings. The third-order valence-electron chi connectivity index (χ3n) is 3.80. The van der Waals surface area contributed by atoms with Gasteiger partial charge >= 0.3 is 0 Å². The van der Waals surface area contributed by atoms with Crippen molar-refractivity contribution in [3.8, 4) is 17.1 Å². The van der Waals surface area contributed by atoms with Crippen molar-refractivity contribution in [2.75, 3.05) is 11.0 Å². The van der Waals surface area contributed by atoms with Gasteiger partial charge in [0.2, 0.25) is 10.0 Å². The largest absolute Gasteiger partial charge is 0.489 e.